The first-order chi connectivity index (χ1) is 11.6. The second-order valence-corrected chi connectivity index (χ2v) is 6.17. The van der Waals surface area contributed by atoms with E-state index in [9.17, 15) is 8.78 Å². The van der Waals surface area contributed by atoms with Gasteiger partial charge in [0.2, 0.25) is 0 Å². The van der Waals surface area contributed by atoms with Crippen LogP contribution in [0.1, 0.15) is 24.1 Å². The maximum absolute atomic E-state index is 12.4. The number of hydrogen-bond acceptors (Lipinski definition) is 3. The van der Waals surface area contributed by atoms with Crippen LogP contribution in [0.2, 0.25) is 0 Å². The van der Waals surface area contributed by atoms with E-state index in [4.69, 9.17) is 0 Å². The molecule has 0 spiro atoms. The van der Waals surface area contributed by atoms with Crippen molar-refractivity contribution in [1.82, 2.24) is 20.5 Å². The number of hydrogen-bond donors (Lipinski definition) is 2. The van der Waals surface area contributed by atoms with Gasteiger partial charge < -0.3 is 10.6 Å². The van der Waals surface area contributed by atoms with Crippen LogP contribution in [0.3, 0.4) is 0 Å². The lowest BCUT2D eigenvalue weighted by Crippen LogP contribution is -2.49. The number of pyridine rings is 1. The van der Waals surface area contributed by atoms with Gasteiger partial charge in [-0.15, -0.1) is 24.0 Å². The van der Waals surface area contributed by atoms with Gasteiger partial charge in [-0.2, -0.15) is 0 Å². The molecule has 0 amide bonds. The van der Waals surface area contributed by atoms with Crippen LogP contribution in [-0.4, -0.2) is 61.5 Å². The average Bonchev–Trinajstić information content (AvgIpc) is 2.57. The zero-order valence-corrected chi connectivity index (χ0v) is 17.2. The summed E-state index contributed by atoms with van der Waals surface area (Å²) in [4.78, 5) is 10.3. The molecule has 1 aromatic heterocycles. The first-order valence-corrected chi connectivity index (χ1v) is 8.46. The fraction of sp³-hybridized carbons (Fsp3) is 0.647. The summed E-state index contributed by atoms with van der Waals surface area (Å²) in [5, 5.41) is 6.68. The van der Waals surface area contributed by atoms with E-state index in [1.165, 1.54) is 5.56 Å². The Morgan fingerprint density at radius 2 is 2.08 bits per heavy atom. The smallest absolute Gasteiger partial charge is 0.251 e. The van der Waals surface area contributed by atoms with E-state index >= 15 is 0 Å². The predicted molar refractivity (Wildman–Crippen MR) is 108 cm³/mol. The summed E-state index contributed by atoms with van der Waals surface area (Å²) >= 11 is 0. The van der Waals surface area contributed by atoms with Gasteiger partial charge in [-0.3, -0.25) is 14.9 Å². The molecule has 0 atom stereocenters. The third kappa shape index (κ3) is 8.26. The summed E-state index contributed by atoms with van der Waals surface area (Å²) in [7, 11) is 1.74. The molecule has 0 bridgehead atoms. The molecule has 1 saturated heterocycles. The van der Waals surface area contributed by atoms with Gasteiger partial charge in [-0.05, 0) is 37.8 Å². The average molecular weight is 467 g/mol. The van der Waals surface area contributed by atoms with Crippen LogP contribution in [0.5, 0.6) is 0 Å². The monoisotopic (exact) mass is 467 g/mol. The van der Waals surface area contributed by atoms with E-state index in [0.29, 0.717) is 13.1 Å². The van der Waals surface area contributed by atoms with Crippen LogP contribution in [0.15, 0.2) is 23.3 Å². The molecule has 0 aromatic carbocycles. The van der Waals surface area contributed by atoms with Gasteiger partial charge in [0.05, 0.1) is 6.54 Å². The highest BCUT2D eigenvalue weighted by Gasteiger charge is 2.21. The van der Waals surface area contributed by atoms with E-state index < -0.39 is 6.43 Å². The number of nitrogens with one attached hydrogen (secondary N) is 2. The largest absolute Gasteiger partial charge is 0.356 e. The molecule has 1 fully saturated rings. The van der Waals surface area contributed by atoms with E-state index in [-0.39, 0.29) is 36.6 Å². The number of aliphatic imine (C=N–C) groups is 1. The molecule has 0 saturated carbocycles. The van der Waals surface area contributed by atoms with E-state index in [1.807, 2.05) is 24.1 Å². The summed E-state index contributed by atoms with van der Waals surface area (Å²) in [6.07, 6.45) is 2.23. The topological polar surface area (TPSA) is 52.6 Å². The molecule has 25 heavy (non-hydrogen) atoms. The molecule has 0 aliphatic carbocycles. The lowest BCUT2D eigenvalue weighted by Gasteiger charge is -2.32. The van der Waals surface area contributed by atoms with Gasteiger partial charge in [0.15, 0.2) is 5.96 Å². The van der Waals surface area contributed by atoms with Crippen molar-refractivity contribution in [2.75, 3.05) is 33.2 Å². The Morgan fingerprint density at radius 3 is 2.64 bits per heavy atom. The van der Waals surface area contributed by atoms with Crippen LogP contribution in [0.25, 0.3) is 0 Å². The summed E-state index contributed by atoms with van der Waals surface area (Å²) in [5.41, 5.74) is 2.20. The zero-order chi connectivity index (χ0) is 17.4. The standard InChI is InChI=1S/C17H27F2N5.HI/c1-13-3-4-14(11-22-13)5-8-21-17(20-2)23-15-6-9-24(10-7-15)12-16(18)19;/h3-4,11,15-16H,5-10,12H2,1-2H3,(H2,20,21,23);1H. The van der Waals surface area contributed by atoms with Crippen molar-refractivity contribution in [2.24, 2.45) is 4.99 Å². The second kappa shape index (κ2) is 11.6. The molecule has 142 valence electrons. The van der Waals surface area contributed by atoms with Crippen molar-refractivity contribution in [3.63, 3.8) is 0 Å². The van der Waals surface area contributed by atoms with Crippen molar-refractivity contribution in [3.05, 3.63) is 29.6 Å². The maximum atomic E-state index is 12.4. The number of aromatic nitrogens is 1. The van der Waals surface area contributed by atoms with Crippen molar-refractivity contribution < 1.29 is 8.78 Å². The van der Waals surface area contributed by atoms with Gasteiger partial charge >= 0.3 is 0 Å². The van der Waals surface area contributed by atoms with Gasteiger partial charge in [0.1, 0.15) is 0 Å². The number of likely N-dealkylation sites (tertiary alicyclic amines) is 1. The molecular formula is C17H28F2IN5. The Bertz CT molecular complexity index is 516. The molecule has 2 heterocycles. The number of nitrogens with zero attached hydrogens (tertiary/aromatic N) is 3. The minimum atomic E-state index is -2.25. The minimum absolute atomic E-state index is 0. The highest BCUT2D eigenvalue weighted by Crippen LogP contribution is 2.11. The summed E-state index contributed by atoms with van der Waals surface area (Å²) < 4.78 is 24.8. The SMILES string of the molecule is CN=C(NCCc1ccc(C)nc1)NC1CCN(CC(F)F)CC1.I. The first-order valence-electron chi connectivity index (χ1n) is 8.46. The van der Waals surface area contributed by atoms with Crippen LogP contribution >= 0.6 is 24.0 Å². The highest BCUT2D eigenvalue weighted by atomic mass is 127. The molecule has 1 aromatic rings. The second-order valence-electron chi connectivity index (χ2n) is 6.17. The highest BCUT2D eigenvalue weighted by molar-refractivity contribution is 14.0. The summed E-state index contributed by atoms with van der Waals surface area (Å²) in [6, 6.07) is 4.38. The fourth-order valence-electron chi connectivity index (χ4n) is 2.81. The summed E-state index contributed by atoms with van der Waals surface area (Å²) in [5.74, 6) is 0.766. The van der Waals surface area contributed by atoms with Gasteiger partial charge in [0, 0.05) is 44.6 Å². The van der Waals surface area contributed by atoms with Gasteiger partial charge in [-0.1, -0.05) is 6.07 Å². The Morgan fingerprint density at radius 1 is 1.36 bits per heavy atom. The van der Waals surface area contributed by atoms with Crippen LogP contribution in [0, 0.1) is 6.92 Å². The first kappa shape index (κ1) is 22.0. The number of alkyl halides is 2. The fourth-order valence-corrected chi connectivity index (χ4v) is 2.81. The number of halogens is 3. The van der Waals surface area contributed by atoms with Crippen LogP contribution in [-0.2, 0) is 6.42 Å². The molecule has 5 nitrogen and oxygen atoms in total. The van der Waals surface area contributed by atoms with E-state index in [0.717, 1.165) is 37.5 Å². The van der Waals surface area contributed by atoms with Crippen molar-refractivity contribution in [3.8, 4) is 0 Å². The maximum Gasteiger partial charge on any atom is 0.251 e. The van der Waals surface area contributed by atoms with Crippen LogP contribution in [0.4, 0.5) is 8.78 Å². The third-order valence-electron chi connectivity index (χ3n) is 4.23. The van der Waals surface area contributed by atoms with Crippen molar-refractivity contribution in [2.45, 2.75) is 38.7 Å². The lowest BCUT2D eigenvalue weighted by molar-refractivity contribution is 0.0744. The Balaban J connectivity index is 0.00000312. The quantitative estimate of drug-likeness (QED) is 0.384. The molecule has 0 unspecified atom stereocenters. The zero-order valence-electron chi connectivity index (χ0n) is 14.8. The van der Waals surface area contributed by atoms with Crippen molar-refractivity contribution in [1.29, 1.82) is 0 Å². The molecule has 0 radical (unpaired) electrons. The van der Waals surface area contributed by atoms with E-state index in [2.05, 4.69) is 26.7 Å². The molecule has 2 N–H and O–H groups in total. The predicted octanol–water partition coefficient (Wildman–Crippen LogP) is 2.45. The normalized spacial score (nSPS) is 16.6. The van der Waals surface area contributed by atoms with Gasteiger partial charge in [0.25, 0.3) is 6.43 Å². The number of aryl methyl sites for hydroxylation is 1. The Labute approximate surface area is 165 Å². The molecule has 8 heteroatoms. The molecule has 1 aliphatic rings. The molecule has 1 aliphatic heterocycles. The number of piperidine rings is 1. The lowest BCUT2D eigenvalue weighted by atomic mass is 10.1. The minimum Gasteiger partial charge on any atom is -0.356 e. The van der Waals surface area contributed by atoms with Gasteiger partial charge in [-0.25, -0.2) is 8.78 Å². The Kier molecular flexibility index (Phi) is 10.2. The number of rotatable bonds is 6. The molecular weight excluding hydrogens is 439 g/mol. The van der Waals surface area contributed by atoms with Crippen LogP contribution < -0.4 is 10.6 Å². The van der Waals surface area contributed by atoms with E-state index in [1.54, 1.807) is 7.05 Å². The van der Waals surface area contributed by atoms with Crippen molar-refractivity contribution >= 4 is 29.9 Å². The number of guanidine groups is 1. The molecule has 2 rings (SSSR count). The Hall–Kier alpha value is -1.03. The third-order valence-corrected chi connectivity index (χ3v) is 4.23. The summed E-state index contributed by atoms with van der Waals surface area (Å²) in [6.45, 7) is 4.03.